The lowest BCUT2D eigenvalue weighted by molar-refractivity contribution is 0.159. The molecule has 0 unspecified atom stereocenters. The van der Waals surface area contributed by atoms with E-state index in [1.807, 2.05) is 30.3 Å². The summed E-state index contributed by atoms with van der Waals surface area (Å²) in [5, 5.41) is 0. The van der Waals surface area contributed by atoms with Crippen LogP contribution in [0.2, 0.25) is 0 Å². The van der Waals surface area contributed by atoms with E-state index in [1.165, 1.54) is 0 Å². The summed E-state index contributed by atoms with van der Waals surface area (Å²) in [6, 6.07) is 7.60. The Bertz CT molecular complexity index is 520. The second-order valence-electron chi connectivity index (χ2n) is 3.89. The van der Waals surface area contributed by atoms with Gasteiger partial charge in [0.1, 0.15) is 5.76 Å². The fourth-order valence-electron chi connectivity index (χ4n) is 1.56. The number of hydrogen-bond acceptors (Lipinski definition) is 5. The maximum absolute atomic E-state index is 12.4. The van der Waals surface area contributed by atoms with E-state index in [9.17, 15) is 4.57 Å². The summed E-state index contributed by atoms with van der Waals surface area (Å²) in [7, 11) is -3.62. The van der Waals surface area contributed by atoms with Crippen molar-refractivity contribution in [1.29, 1.82) is 0 Å². The second kappa shape index (κ2) is 9.11. The topological polar surface area (TPSA) is 44.8 Å². The summed E-state index contributed by atoms with van der Waals surface area (Å²) < 4.78 is 28.0. The van der Waals surface area contributed by atoms with Gasteiger partial charge < -0.3 is 4.52 Å². The monoisotopic (exact) mass is 328 g/mol. The third-order valence-electron chi connectivity index (χ3n) is 2.34. The molecule has 6 heteroatoms. The first kappa shape index (κ1) is 18.1. The lowest BCUT2D eigenvalue weighted by Crippen LogP contribution is -2.00. The lowest BCUT2D eigenvalue weighted by atomic mass is 10.2. The number of benzene rings is 1. The molecule has 0 atom stereocenters. The Balaban J connectivity index is 2.92. The summed E-state index contributed by atoms with van der Waals surface area (Å²) in [5.41, 5.74) is 0.768. The molecular formula is C15H21O4PS. The van der Waals surface area contributed by atoms with Crippen molar-refractivity contribution in [2.24, 2.45) is 0 Å². The molecule has 4 nitrogen and oxygen atoms in total. The van der Waals surface area contributed by atoms with Gasteiger partial charge in [0.15, 0.2) is 0 Å². The molecule has 0 aliphatic heterocycles. The predicted octanol–water partition coefficient (Wildman–Crippen LogP) is 5.13. The van der Waals surface area contributed by atoms with Crippen LogP contribution in [0.3, 0.4) is 0 Å². The molecule has 0 spiro atoms. The molecule has 0 N–H and O–H groups in total. The van der Waals surface area contributed by atoms with E-state index < -0.39 is 7.82 Å². The Morgan fingerprint density at radius 1 is 1.29 bits per heavy atom. The summed E-state index contributed by atoms with van der Waals surface area (Å²) in [6.45, 7) is 11.5. The molecule has 0 saturated carbocycles. The van der Waals surface area contributed by atoms with Crippen LogP contribution < -0.4 is 0 Å². The molecule has 1 rings (SSSR count). The van der Waals surface area contributed by atoms with Crippen LogP contribution >= 0.6 is 19.6 Å². The fourth-order valence-corrected chi connectivity index (χ4v) is 3.55. The maximum Gasteiger partial charge on any atom is 0.530 e. The van der Waals surface area contributed by atoms with Gasteiger partial charge in [-0.1, -0.05) is 30.9 Å². The van der Waals surface area contributed by atoms with E-state index in [0.717, 1.165) is 16.2 Å². The molecule has 0 fully saturated rings. The molecule has 0 aromatic heterocycles. The van der Waals surface area contributed by atoms with Crippen molar-refractivity contribution in [3.8, 4) is 0 Å². The zero-order valence-corrected chi connectivity index (χ0v) is 14.1. The quantitative estimate of drug-likeness (QED) is 0.258. The molecule has 0 heterocycles. The zero-order valence-electron chi connectivity index (χ0n) is 12.4. The van der Waals surface area contributed by atoms with Crippen LogP contribution in [0.1, 0.15) is 19.4 Å². The van der Waals surface area contributed by atoms with Crippen LogP contribution in [-0.2, 0) is 18.1 Å². The van der Waals surface area contributed by atoms with E-state index in [2.05, 4.69) is 13.2 Å². The first-order valence-corrected chi connectivity index (χ1v) is 9.11. The summed E-state index contributed by atoms with van der Waals surface area (Å²) in [5.74, 6) is 1.03. The molecule has 21 heavy (non-hydrogen) atoms. The smallest absolute Gasteiger partial charge is 0.404 e. The number of hydrogen-bond donors (Lipinski definition) is 0. The van der Waals surface area contributed by atoms with Crippen LogP contribution in [-0.4, -0.2) is 19.0 Å². The highest BCUT2D eigenvalue weighted by Crippen LogP contribution is 2.52. The molecule has 0 aliphatic rings. The summed E-state index contributed by atoms with van der Waals surface area (Å²) in [4.78, 5) is 0.974. The van der Waals surface area contributed by atoms with Gasteiger partial charge in [0.25, 0.3) is 0 Å². The van der Waals surface area contributed by atoms with E-state index in [1.54, 1.807) is 25.6 Å². The van der Waals surface area contributed by atoms with Gasteiger partial charge in [-0.2, -0.15) is 0 Å². The van der Waals surface area contributed by atoms with Gasteiger partial charge >= 0.3 is 7.82 Å². The Morgan fingerprint density at radius 2 is 1.90 bits per heavy atom. The predicted molar refractivity (Wildman–Crippen MR) is 88.3 cm³/mol. The molecule has 0 aliphatic carbocycles. The first-order valence-electron chi connectivity index (χ1n) is 6.67. The third kappa shape index (κ3) is 5.71. The summed E-state index contributed by atoms with van der Waals surface area (Å²) >= 11 is 1.60. The van der Waals surface area contributed by atoms with Crippen molar-refractivity contribution >= 4 is 25.3 Å². The molecular weight excluding hydrogens is 307 g/mol. The number of thioether (sulfide) groups is 1. The largest absolute Gasteiger partial charge is 0.530 e. The average Bonchev–Trinajstić information content (AvgIpc) is 2.45. The number of rotatable bonds is 10. The van der Waals surface area contributed by atoms with Crippen molar-refractivity contribution in [1.82, 2.24) is 0 Å². The standard InChI is InChI=1S/C15H21O4PS/c1-5-12-21-15-11-9-8-10-14(15)13(4)19-20(16,17-6-2)18-7-3/h5,8-11H,1,4,6-7,12H2,2-3H3. The Labute approximate surface area is 130 Å². The van der Waals surface area contributed by atoms with Crippen molar-refractivity contribution in [2.75, 3.05) is 19.0 Å². The number of phosphoric acid groups is 1. The van der Waals surface area contributed by atoms with Gasteiger partial charge in [-0.15, -0.1) is 18.3 Å². The molecule has 0 bridgehead atoms. The summed E-state index contributed by atoms with van der Waals surface area (Å²) in [6.07, 6.45) is 1.82. The Kier molecular flexibility index (Phi) is 7.83. The Hall–Kier alpha value is -1.00. The minimum atomic E-state index is -3.62. The van der Waals surface area contributed by atoms with Gasteiger partial charge in [-0.3, -0.25) is 9.05 Å². The Morgan fingerprint density at radius 3 is 2.48 bits per heavy atom. The van der Waals surface area contributed by atoms with Crippen LogP contribution in [0.5, 0.6) is 0 Å². The average molecular weight is 328 g/mol. The van der Waals surface area contributed by atoms with Crippen molar-refractivity contribution in [2.45, 2.75) is 18.7 Å². The van der Waals surface area contributed by atoms with E-state index in [0.29, 0.717) is 0 Å². The number of phosphoric ester groups is 1. The molecule has 0 saturated heterocycles. The molecule has 0 radical (unpaired) electrons. The van der Waals surface area contributed by atoms with Crippen LogP contribution in [0, 0.1) is 0 Å². The first-order chi connectivity index (χ1) is 10.1. The normalized spacial score (nSPS) is 11.1. The minimum Gasteiger partial charge on any atom is -0.404 e. The van der Waals surface area contributed by atoms with Gasteiger partial charge in [0, 0.05) is 16.2 Å². The SMILES string of the molecule is C=CCSc1ccccc1C(=C)OP(=O)(OCC)OCC. The zero-order chi connectivity index (χ0) is 15.7. The van der Waals surface area contributed by atoms with Crippen LogP contribution in [0.4, 0.5) is 0 Å². The van der Waals surface area contributed by atoms with Gasteiger partial charge in [-0.05, 0) is 19.9 Å². The van der Waals surface area contributed by atoms with Gasteiger partial charge in [0.2, 0.25) is 0 Å². The molecule has 116 valence electrons. The molecule has 1 aromatic rings. The highest BCUT2D eigenvalue weighted by molar-refractivity contribution is 7.99. The lowest BCUT2D eigenvalue weighted by Gasteiger charge is -2.19. The van der Waals surface area contributed by atoms with Gasteiger partial charge in [0.05, 0.1) is 13.2 Å². The highest BCUT2D eigenvalue weighted by Gasteiger charge is 2.28. The minimum absolute atomic E-state index is 0.234. The maximum atomic E-state index is 12.4. The fraction of sp³-hybridized carbons (Fsp3) is 0.333. The van der Waals surface area contributed by atoms with E-state index in [-0.39, 0.29) is 19.0 Å². The van der Waals surface area contributed by atoms with Crippen molar-refractivity contribution in [3.63, 3.8) is 0 Å². The molecule has 1 aromatic carbocycles. The van der Waals surface area contributed by atoms with Crippen LogP contribution in [0.15, 0.2) is 48.4 Å². The van der Waals surface area contributed by atoms with Crippen molar-refractivity contribution < 1.29 is 18.1 Å². The molecule has 0 amide bonds. The van der Waals surface area contributed by atoms with E-state index in [4.69, 9.17) is 13.6 Å². The van der Waals surface area contributed by atoms with Crippen LogP contribution in [0.25, 0.3) is 5.76 Å². The van der Waals surface area contributed by atoms with Gasteiger partial charge in [-0.25, -0.2) is 4.57 Å². The van der Waals surface area contributed by atoms with E-state index >= 15 is 0 Å². The highest BCUT2D eigenvalue weighted by atomic mass is 32.2. The second-order valence-corrected chi connectivity index (χ2v) is 6.55. The third-order valence-corrected chi connectivity index (χ3v) is 5.00. The van der Waals surface area contributed by atoms with Crippen molar-refractivity contribution in [3.05, 3.63) is 49.1 Å².